The third kappa shape index (κ3) is 5.28. The summed E-state index contributed by atoms with van der Waals surface area (Å²) in [6, 6.07) is 67.5. The average molecular weight is 854 g/mol. The molecule has 5 nitrogen and oxygen atoms in total. The van der Waals surface area contributed by atoms with Crippen LogP contribution in [-0.2, 0) is 0 Å². The molecule has 0 radical (unpaired) electrons. The molecule has 0 amide bonds. The van der Waals surface area contributed by atoms with Crippen molar-refractivity contribution in [1.82, 2.24) is 24.1 Å². The molecule has 14 rings (SSSR count). The van der Waals surface area contributed by atoms with E-state index in [2.05, 4.69) is 209 Å². The number of benzene rings is 8. The first-order chi connectivity index (χ1) is 31.7. The van der Waals surface area contributed by atoms with Crippen LogP contribution in [0.3, 0.4) is 0 Å². The Hall–Kier alpha value is -7.58. The Balaban J connectivity index is 1.06. The van der Waals surface area contributed by atoms with Crippen LogP contribution in [-0.4, -0.2) is 24.1 Å². The highest BCUT2D eigenvalue weighted by Crippen LogP contribution is 2.59. The van der Waals surface area contributed by atoms with Crippen molar-refractivity contribution in [1.29, 1.82) is 0 Å². The second-order valence-electron chi connectivity index (χ2n) is 16.7. The summed E-state index contributed by atoms with van der Waals surface area (Å²) in [6.07, 6.45) is 4.70. The van der Waals surface area contributed by atoms with E-state index in [0.717, 1.165) is 50.1 Å². The zero-order valence-electron chi connectivity index (χ0n) is 34.3. The number of thiophene rings is 1. The lowest BCUT2D eigenvalue weighted by molar-refractivity contribution is 0.808. The maximum absolute atomic E-state index is 5.56. The molecular formula is C57H35N5S2. The molecule has 0 bridgehead atoms. The highest BCUT2D eigenvalue weighted by Gasteiger charge is 2.39. The van der Waals surface area contributed by atoms with Crippen molar-refractivity contribution >= 4 is 82.1 Å². The number of hydrogen-bond acceptors (Lipinski definition) is 5. The lowest BCUT2D eigenvalue weighted by Crippen LogP contribution is -2.13. The molecule has 8 aromatic carbocycles. The number of rotatable bonds is 5. The molecule has 2 atom stereocenters. The first kappa shape index (κ1) is 36.0. The van der Waals surface area contributed by atoms with Crippen LogP contribution in [0.4, 0.5) is 0 Å². The molecule has 0 spiro atoms. The predicted molar refractivity (Wildman–Crippen MR) is 267 cm³/mol. The van der Waals surface area contributed by atoms with E-state index < -0.39 is 0 Å². The van der Waals surface area contributed by atoms with Crippen molar-refractivity contribution in [3.8, 4) is 45.5 Å². The lowest BCUT2D eigenvalue weighted by atomic mass is 9.86. The zero-order chi connectivity index (χ0) is 41.9. The molecule has 5 heterocycles. The van der Waals surface area contributed by atoms with Gasteiger partial charge in [0.05, 0.1) is 22.2 Å². The summed E-state index contributed by atoms with van der Waals surface area (Å²) in [5.74, 6) is 2.06. The first-order valence-corrected chi connectivity index (χ1v) is 23.4. The van der Waals surface area contributed by atoms with Gasteiger partial charge in [0.15, 0.2) is 5.82 Å². The van der Waals surface area contributed by atoms with Gasteiger partial charge in [0.1, 0.15) is 0 Å². The molecule has 300 valence electrons. The minimum atomic E-state index is 0.240. The molecule has 4 aromatic heterocycles. The van der Waals surface area contributed by atoms with Gasteiger partial charge < -0.3 is 0 Å². The Kier molecular flexibility index (Phi) is 7.84. The van der Waals surface area contributed by atoms with Crippen LogP contribution in [0.25, 0.3) is 104 Å². The normalized spacial score (nSPS) is 15.4. The topological polar surface area (TPSA) is 48.5 Å². The molecule has 0 fully saturated rings. The smallest absolute Gasteiger partial charge is 0.240 e. The lowest BCUT2D eigenvalue weighted by Gasteiger charge is -2.22. The Labute approximate surface area is 376 Å². The predicted octanol–water partition coefficient (Wildman–Crippen LogP) is 15.2. The van der Waals surface area contributed by atoms with Crippen molar-refractivity contribution in [3.63, 3.8) is 0 Å². The monoisotopic (exact) mass is 853 g/mol. The van der Waals surface area contributed by atoms with Gasteiger partial charge in [0, 0.05) is 58.0 Å². The summed E-state index contributed by atoms with van der Waals surface area (Å²) < 4.78 is 7.09. The van der Waals surface area contributed by atoms with Crippen LogP contribution in [0.15, 0.2) is 199 Å². The Morgan fingerprint density at radius 3 is 1.94 bits per heavy atom. The second kappa shape index (κ2) is 14.0. The fourth-order valence-electron chi connectivity index (χ4n) is 10.4. The maximum Gasteiger partial charge on any atom is 0.240 e. The Bertz CT molecular complexity index is 3900. The van der Waals surface area contributed by atoms with E-state index in [1.807, 2.05) is 23.1 Å². The van der Waals surface area contributed by atoms with E-state index >= 15 is 0 Å². The van der Waals surface area contributed by atoms with E-state index in [4.69, 9.17) is 15.0 Å². The van der Waals surface area contributed by atoms with Gasteiger partial charge in [0.25, 0.3) is 0 Å². The Morgan fingerprint density at radius 1 is 0.469 bits per heavy atom. The molecule has 0 N–H and O–H groups in total. The number of fused-ring (bicyclic) bond motifs is 14. The third-order valence-electron chi connectivity index (χ3n) is 13.2. The van der Waals surface area contributed by atoms with Gasteiger partial charge >= 0.3 is 0 Å². The fourth-order valence-corrected chi connectivity index (χ4v) is 13.2. The number of allylic oxidation sites excluding steroid dienone is 1. The van der Waals surface area contributed by atoms with Crippen LogP contribution in [0.1, 0.15) is 28.0 Å². The van der Waals surface area contributed by atoms with E-state index in [-0.39, 0.29) is 5.25 Å². The summed E-state index contributed by atoms with van der Waals surface area (Å²) >= 11 is 3.82. The summed E-state index contributed by atoms with van der Waals surface area (Å²) in [5.41, 5.74) is 12.5. The van der Waals surface area contributed by atoms with Gasteiger partial charge in [-0.1, -0.05) is 158 Å². The first-order valence-electron chi connectivity index (χ1n) is 21.7. The van der Waals surface area contributed by atoms with E-state index in [1.165, 1.54) is 52.4 Å². The van der Waals surface area contributed by atoms with Crippen molar-refractivity contribution in [2.75, 3.05) is 0 Å². The number of nitrogens with zero attached hydrogens (tertiary/aromatic N) is 5. The van der Waals surface area contributed by atoms with Gasteiger partial charge in [0.2, 0.25) is 11.9 Å². The largest absolute Gasteiger partial charge is 0.278 e. The van der Waals surface area contributed by atoms with Gasteiger partial charge in [-0.2, -0.15) is 15.0 Å². The van der Waals surface area contributed by atoms with Crippen molar-refractivity contribution < 1.29 is 0 Å². The van der Waals surface area contributed by atoms with Crippen LogP contribution in [0.5, 0.6) is 0 Å². The summed E-state index contributed by atoms with van der Waals surface area (Å²) in [4.78, 5) is 17.9. The minimum Gasteiger partial charge on any atom is -0.278 e. The van der Waals surface area contributed by atoms with Gasteiger partial charge in [-0.3, -0.25) is 9.13 Å². The van der Waals surface area contributed by atoms with E-state index in [0.29, 0.717) is 23.6 Å². The molecule has 7 heteroatoms. The van der Waals surface area contributed by atoms with Crippen molar-refractivity contribution in [2.45, 2.75) is 16.1 Å². The number of aromatic nitrogens is 5. The quantitative estimate of drug-likeness (QED) is 0.173. The van der Waals surface area contributed by atoms with Gasteiger partial charge in [-0.15, -0.1) is 23.1 Å². The standard InChI is InChI=1S/C57H35N5S2/c1-3-15-34(16-4-1)37-28-27-36(33-44(37)35-17-5-2-6-18-35)55-58-56(61-45-23-11-7-21-42(45)51-47(61)31-29-40-38-19-9-13-25-49(38)63-53(40)51)60-57(59-55)62-46-24-12-8-22-43(46)52-48(62)32-30-41-39-20-10-14-26-50(39)64-54(41)52/h1-33,40,53H. The fraction of sp³-hybridized carbons (Fsp3) is 0.0351. The molecule has 0 saturated heterocycles. The summed E-state index contributed by atoms with van der Waals surface area (Å²) in [7, 11) is 0. The summed E-state index contributed by atoms with van der Waals surface area (Å²) in [5, 5.41) is 6.40. The molecule has 1 aliphatic heterocycles. The van der Waals surface area contributed by atoms with Crippen LogP contribution >= 0.6 is 23.1 Å². The minimum absolute atomic E-state index is 0.240. The van der Waals surface area contributed by atoms with Crippen molar-refractivity contribution in [2.24, 2.45) is 0 Å². The highest BCUT2D eigenvalue weighted by molar-refractivity contribution is 8.00. The summed E-state index contributed by atoms with van der Waals surface area (Å²) in [6.45, 7) is 0. The van der Waals surface area contributed by atoms with Crippen LogP contribution in [0.2, 0.25) is 0 Å². The SMILES string of the molecule is C1=CC2c3ccccc3SC2c2c1n(-c1nc(-c3ccc(-c4ccccc4)c(-c4ccccc4)c3)nc(-n3c4ccccc4c4c5sc6ccccc6c5ccc43)n1)c1ccccc21. The molecule has 2 aliphatic rings. The van der Waals surface area contributed by atoms with E-state index in [9.17, 15) is 0 Å². The number of thioether (sulfide) groups is 1. The number of para-hydroxylation sites is 2. The second-order valence-corrected chi connectivity index (χ2v) is 18.9. The molecule has 1 aliphatic carbocycles. The van der Waals surface area contributed by atoms with Crippen molar-refractivity contribution in [3.05, 3.63) is 211 Å². The zero-order valence-corrected chi connectivity index (χ0v) is 35.9. The van der Waals surface area contributed by atoms with E-state index in [1.54, 1.807) is 0 Å². The highest BCUT2D eigenvalue weighted by atomic mass is 32.2. The molecule has 0 saturated carbocycles. The maximum atomic E-state index is 5.56. The average Bonchev–Trinajstić information content (AvgIpc) is 4.12. The number of hydrogen-bond donors (Lipinski definition) is 0. The van der Waals surface area contributed by atoms with Crippen LogP contribution in [0, 0.1) is 0 Å². The van der Waals surface area contributed by atoms with Gasteiger partial charge in [-0.05, 0) is 75.9 Å². The van der Waals surface area contributed by atoms with Crippen LogP contribution < -0.4 is 0 Å². The molecule has 12 aromatic rings. The molecule has 64 heavy (non-hydrogen) atoms. The molecule has 2 unspecified atom stereocenters. The molecular weight excluding hydrogens is 819 g/mol. The van der Waals surface area contributed by atoms with Gasteiger partial charge in [-0.25, -0.2) is 0 Å². The third-order valence-corrected chi connectivity index (χ3v) is 15.8. The Morgan fingerprint density at radius 2 is 1.12 bits per heavy atom.